The molecule has 1 amide bonds. The molecule has 0 spiro atoms. The zero-order valence-corrected chi connectivity index (χ0v) is 12.5. The summed E-state index contributed by atoms with van der Waals surface area (Å²) in [6, 6.07) is -1.13. The van der Waals surface area contributed by atoms with E-state index in [1.54, 1.807) is 17.3 Å². The van der Waals surface area contributed by atoms with Crippen molar-refractivity contribution in [3.05, 3.63) is 11.1 Å². The van der Waals surface area contributed by atoms with Crippen molar-refractivity contribution < 1.29 is 14.7 Å². The van der Waals surface area contributed by atoms with E-state index in [4.69, 9.17) is 10.8 Å². The van der Waals surface area contributed by atoms with Crippen LogP contribution in [0, 0.1) is 0 Å². The number of nitrogens with two attached hydrogens (primary N) is 1. The summed E-state index contributed by atoms with van der Waals surface area (Å²) in [6.07, 6.45) is 0. The first-order chi connectivity index (χ1) is 9.25. The van der Waals surface area contributed by atoms with Gasteiger partial charge >= 0.3 is 5.97 Å². The number of rotatable bonds is 3. The summed E-state index contributed by atoms with van der Waals surface area (Å²) < 4.78 is 0. The SMILES string of the molecule is CN1CCN(c2nc(C(N)C(=O)O)cs2)C(C)(C)C1=O. The van der Waals surface area contributed by atoms with E-state index in [0.29, 0.717) is 23.9 Å². The molecule has 8 heteroatoms. The number of carbonyl (C=O) groups excluding carboxylic acids is 1. The lowest BCUT2D eigenvalue weighted by atomic mass is 9.99. The second-order valence-corrected chi connectivity index (χ2v) is 6.14. The van der Waals surface area contributed by atoms with Gasteiger partial charge in [-0.3, -0.25) is 9.59 Å². The minimum absolute atomic E-state index is 0.0167. The second-order valence-electron chi connectivity index (χ2n) is 5.31. The topological polar surface area (TPSA) is 99.8 Å². The van der Waals surface area contributed by atoms with Crippen LogP contribution in [0.15, 0.2) is 5.38 Å². The van der Waals surface area contributed by atoms with Crippen LogP contribution in [0.25, 0.3) is 0 Å². The number of hydrogen-bond acceptors (Lipinski definition) is 6. The fourth-order valence-corrected chi connectivity index (χ4v) is 3.25. The van der Waals surface area contributed by atoms with E-state index in [2.05, 4.69) is 4.98 Å². The summed E-state index contributed by atoms with van der Waals surface area (Å²) in [5.41, 5.74) is 5.17. The quantitative estimate of drug-likeness (QED) is 0.831. The van der Waals surface area contributed by atoms with Gasteiger partial charge in [-0.2, -0.15) is 0 Å². The van der Waals surface area contributed by atoms with Gasteiger partial charge in [-0.25, -0.2) is 4.98 Å². The van der Waals surface area contributed by atoms with Crippen molar-refractivity contribution in [2.75, 3.05) is 25.0 Å². The van der Waals surface area contributed by atoms with Crippen molar-refractivity contribution in [3.8, 4) is 0 Å². The Labute approximate surface area is 121 Å². The molecule has 3 N–H and O–H groups in total. The largest absolute Gasteiger partial charge is 0.480 e. The molecular weight excluding hydrogens is 280 g/mol. The number of thiazole rings is 1. The smallest absolute Gasteiger partial charge is 0.326 e. The minimum Gasteiger partial charge on any atom is -0.480 e. The molecule has 7 nitrogen and oxygen atoms in total. The van der Waals surface area contributed by atoms with Crippen LogP contribution in [-0.4, -0.2) is 52.5 Å². The van der Waals surface area contributed by atoms with Crippen LogP contribution in [0.5, 0.6) is 0 Å². The van der Waals surface area contributed by atoms with E-state index in [1.165, 1.54) is 11.3 Å². The molecule has 20 heavy (non-hydrogen) atoms. The highest BCUT2D eigenvalue weighted by molar-refractivity contribution is 7.13. The van der Waals surface area contributed by atoms with Crippen molar-refractivity contribution >= 4 is 28.3 Å². The summed E-state index contributed by atoms with van der Waals surface area (Å²) in [5, 5.41) is 11.2. The van der Waals surface area contributed by atoms with Crippen molar-refractivity contribution in [2.24, 2.45) is 5.73 Å². The van der Waals surface area contributed by atoms with Gasteiger partial charge in [0.25, 0.3) is 0 Å². The van der Waals surface area contributed by atoms with Crippen molar-refractivity contribution in [1.29, 1.82) is 0 Å². The number of carboxylic acid groups (broad SMARTS) is 1. The third-order valence-electron chi connectivity index (χ3n) is 3.53. The number of piperazine rings is 1. The van der Waals surface area contributed by atoms with Gasteiger partial charge in [-0.05, 0) is 13.8 Å². The highest BCUT2D eigenvalue weighted by atomic mass is 32.1. The number of amides is 1. The van der Waals surface area contributed by atoms with Gasteiger partial charge in [0.15, 0.2) is 5.13 Å². The molecule has 1 aliphatic heterocycles. The molecule has 2 heterocycles. The lowest BCUT2D eigenvalue weighted by Crippen LogP contribution is -2.62. The Morgan fingerprint density at radius 1 is 1.55 bits per heavy atom. The summed E-state index contributed by atoms with van der Waals surface area (Å²) in [7, 11) is 1.77. The Bertz CT molecular complexity index is 543. The molecule has 1 aromatic heterocycles. The van der Waals surface area contributed by atoms with Crippen molar-refractivity contribution in [1.82, 2.24) is 9.88 Å². The van der Waals surface area contributed by atoms with Crippen LogP contribution in [0.2, 0.25) is 0 Å². The third kappa shape index (κ3) is 2.36. The number of anilines is 1. The molecule has 1 aliphatic rings. The van der Waals surface area contributed by atoms with Gasteiger partial charge in [0.2, 0.25) is 5.91 Å². The molecule has 1 aromatic rings. The number of nitrogens with zero attached hydrogens (tertiary/aromatic N) is 3. The van der Waals surface area contributed by atoms with E-state index < -0.39 is 17.6 Å². The number of aromatic nitrogens is 1. The normalized spacial score (nSPS) is 20.1. The molecule has 1 saturated heterocycles. The second kappa shape index (κ2) is 5.02. The van der Waals surface area contributed by atoms with E-state index >= 15 is 0 Å². The first-order valence-electron chi connectivity index (χ1n) is 6.22. The maximum Gasteiger partial charge on any atom is 0.326 e. The summed E-state index contributed by atoms with van der Waals surface area (Å²) in [6.45, 7) is 4.94. The fraction of sp³-hybridized carbons (Fsp3) is 0.583. The van der Waals surface area contributed by atoms with E-state index in [-0.39, 0.29) is 5.91 Å². The Morgan fingerprint density at radius 3 is 2.80 bits per heavy atom. The zero-order valence-electron chi connectivity index (χ0n) is 11.7. The average molecular weight is 298 g/mol. The first-order valence-corrected chi connectivity index (χ1v) is 7.10. The molecule has 0 aliphatic carbocycles. The van der Waals surface area contributed by atoms with Crippen LogP contribution in [0.1, 0.15) is 25.6 Å². The lowest BCUT2D eigenvalue weighted by Gasteiger charge is -2.44. The van der Waals surface area contributed by atoms with E-state index in [9.17, 15) is 9.59 Å². The van der Waals surface area contributed by atoms with Crippen LogP contribution < -0.4 is 10.6 Å². The van der Waals surface area contributed by atoms with Gasteiger partial charge < -0.3 is 20.6 Å². The number of likely N-dealkylation sites (N-methyl/N-ethyl adjacent to an activating group) is 1. The maximum atomic E-state index is 12.2. The zero-order chi connectivity index (χ0) is 15.1. The molecule has 0 aromatic carbocycles. The van der Waals surface area contributed by atoms with Crippen LogP contribution in [0.4, 0.5) is 5.13 Å². The molecular formula is C12H18N4O3S. The number of carbonyl (C=O) groups is 2. The Morgan fingerprint density at radius 2 is 2.20 bits per heavy atom. The molecule has 2 rings (SSSR count). The molecule has 1 unspecified atom stereocenters. The lowest BCUT2D eigenvalue weighted by molar-refractivity contribution is -0.139. The van der Waals surface area contributed by atoms with Crippen molar-refractivity contribution in [3.63, 3.8) is 0 Å². The highest BCUT2D eigenvalue weighted by Gasteiger charge is 2.41. The summed E-state index contributed by atoms with van der Waals surface area (Å²) >= 11 is 1.31. The van der Waals surface area contributed by atoms with Crippen LogP contribution in [0.3, 0.4) is 0 Å². The first kappa shape index (κ1) is 14.7. The average Bonchev–Trinajstić information content (AvgIpc) is 2.84. The molecule has 1 fully saturated rings. The molecule has 110 valence electrons. The highest BCUT2D eigenvalue weighted by Crippen LogP contribution is 2.32. The van der Waals surface area contributed by atoms with Gasteiger partial charge in [-0.1, -0.05) is 0 Å². The standard InChI is InChI=1S/C12H18N4O3S/c1-12(2)10(19)15(3)4-5-16(12)11-14-7(6-20-11)8(13)9(17)18/h6,8H,4-5,13H2,1-3H3,(H,17,18). The van der Waals surface area contributed by atoms with Gasteiger partial charge in [-0.15, -0.1) is 11.3 Å². The van der Waals surface area contributed by atoms with Gasteiger partial charge in [0.05, 0.1) is 5.69 Å². The maximum absolute atomic E-state index is 12.2. The monoisotopic (exact) mass is 298 g/mol. The summed E-state index contributed by atoms with van der Waals surface area (Å²) in [4.78, 5) is 31.0. The Balaban J connectivity index is 2.28. The predicted molar refractivity (Wildman–Crippen MR) is 75.7 cm³/mol. The summed E-state index contributed by atoms with van der Waals surface area (Å²) in [5.74, 6) is -1.10. The number of carboxylic acids is 1. The minimum atomic E-state index is -1.13. The fourth-order valence-electron chi connectivity index (χ4n) is 2.22. The van der Waals surface area contributed by atoms with E-state index in [0.717, 1.165) is 0 Å². The van der Waals surface area contributed by atoms with Crippen molar-refractivity contribution in [2.45, 2.75) is 25.4 Å². The van der Waals surface area contributed by atoms with E-state index in [1.807, 2.05) is 18.7 Å². The third-order valence-corrected chi connectivity index (χ3v) is 4.41. The molecule has 0 saturated carbocycles. The van der Waals surface area contributed by atoms with Gasteiger partial charge in [0, 0.05) is 25.5 Å². The van der Waals surface area contributed by atoms with Crippen LogP contribution in [-0.2, 0) is 9.59 Å². The number of aliphatic carboxylic acids is 1. The van der Waals surface area contributed by atoms with Gasteiger partial charge in [0.1, 0.15) is 11.6 Å². The molecule has 1 atom stereocenters. The Hall–Kier alpha value is -1.67. The predicted octanol–water partition coefficient (Wildman–Crippen LogP) is 0.285. The van der Waals surface area contributed by atoms with Crippen LogP contribution >= 0.6 is 11.3 Å². The molecule has 0 radical (unpaired) electrons. The molecule has 0 bridgehead atoms. The number of hydrogen-bond donors (Lipinski definition) is 2. The Kier molecular flexibility index (Phi) is 3.70.